The predicted molar refractivity (Wildman–Crippen MR) is 103 cm³/mol. The lowest BCUT2D eigenvalue weighted by molar-refractivity contribution is 0.146. The predicted octanol–water partition coefficient (Wildman–Crippen LogP) is 4.64. The van der Waals surface area contributed by atoms with Crippen LogP contribution in [0.5, 0.6) is 0 Å². The molecule has 1 N–H and O–H groups in total. The van der Waals surface area contributed by atoms with Crippen LogP contribution in [0.3, 0.4) is 0 Å². The Bertz CT molecular complexity index is 619. The molecule has 0 fully saturated rings. The second-order valence-electron chi connectivity index (χ2n) is 6.76. The van der Waals surface area contributed by atoms with Gasteiger partial charge < -0.3 is 5.11 Å². The Morgan fingerprint density at radius 2 is 1.52 bits per heavy atom. The van der Waals surface area contributed by atoms with E-state index >= 15 is 0 Å². The second-order valence-corrected chi connectivity index (χ2v) is 11.2. The van der Waals surface area contributed by atoms with Crippen LogP contribution in [0, 0.1) is 0 Å². The van der Waals surface area contributed by atoms with Crippen LogP contribution in [-0.4, -0.2) is 19.3 Å². The van der Waals surface area contributed by atoms with Gasteiger partial charge in [-0.25, -0.2) is 0 Å². The number of aliphatic hydroxyl groups excluding tert-OH is 1. The highest BCUT2D eigenvalue weighted by atomic mass is 28.3. The number of rotatable bonds is 7. The lowest BCUT2D eigenvalue weighted by Gasteiger charge is -2.35. The van der Waals surface area contributed by atoms with Crippen molar-refractivity contribution in [2.75, 3.05) is 0 Å². The summed E-state index contributed by atoms with van der Waals surface area (Å²) in [6, 6.07) is 21.0. The first-order valence-corrected chi connectivity index (χ1v) is 11.5. The highest BCUT2D eigenvalue weighted by Crippen LogP contribution is 2.34. The third-order valence-electron chi connectivity index (χ3n) is 4.80. The maximum absolute atomic E-state index is 10.8. The summed E-state index contributed by atoms with van der Waals surface area (Å²) in [5.74, 6) is 0.0121. The summed E-state index contributed by atoms with van der Waals surface area (Å²) >= 11 is 0. The molecule has 122 valence electrons. The Kier molecular flexibility index (Phi) is 5.97. The van der Waals surface area contributed by atoms with Gasteiger partial charge in [0.1, 0.15) is 8.07 Å². The van der Waals surface area contributed by atoms with Gasteiger partial charge in [0.05, 0.1) is 6.10 Å². The maximum atomic E-state index is 10.8. The van der Waals surface area contributed by atoms with Crippen LogP contribution in [0.25, 0.3) is 0 Å². The summed E-state index contributed by atoms with van der Waals surface area (Å²) in [6.45, 7) is 11.3. The minimum atomic E-state index is -1.87. The molecule has 0 aliphatic carbocycles. The first kappa shape index (κ1) is 17.7. The maximum Gasteiger partial charge on any atom is 0.107 e. The molecule has 2 aromatic rings. The largest absolute Gasteiger partial charge is 0.392 e. The van der Waals surface area contributed by atoms with Crippen LogP contribution in [0.4, 0.5) is 0 Å². The molecule has 23 heavy (non-hydrogen) atoms. The van der Waals surface area contributed by atoms with E-state index in [2.05, 4.69) is 69.1 Å². The lowest BCUT2D eigenvalue weighted by Crippen LogP contribution is -2.46. The van der Waals surface area contributed by atoms with Crippen molar-refractivity contribution in [3.05, 3.63) is 78.0 Å². The molecule has 2 atom stereocenters. The van der Waals surface area contributed by atoms with Crippen LogP contribution in [0.2, 0.25) is 13.1 Å². The zero-order valence-electron chi connectivity index (χ0n) is 14.5. The standard InChI is InChI=1S/C21H28OSi/c1-5-12-20(22)21(18-13-8-6-9-14-18)17(2)23(3,4)19-15-10-7-11-16-19/h6-11,13-16,20-22H,2,5,12H2,1,3-4H3/t20-,21+/m1/s1. The van der Waals surface area contributed by atoms with E-state index in [1.54, 1.807) is 0 Å². The van der Waals surface area contributed by atoms with Crippen molar-refractivity contribution >= 4 is 13.3 Å². The summed E-state index contributed by atoms with van der Waals surface area (Å²) in [7, 11) is -1.87. The summed E-state index contributed by atoms with van der Waals surface area (Å²) in [5.41, 5.74) is 1.18. The summed E-state index contributed by atoms with van der Waals surface area (Å²) < 4.78 is 0. The average molecular weight is 325 g/mol. The van der Waals surface area contributed by atoms with E-state index in [-0.39, 0.29) is 12.0 Å². The monoisotopic (exact) mass is 324 g/mol. The van der Waals surface area contributed by atoms with Gasteiger partial charge >= 0.3 is 0 Å². The van der Waals surface area contributed by atoms with Gasteiger partial charge in [0.25, 0.3) is 0 Å². The molecule has 0 unspecified atom stereocenters. The molecular formula is C21H28OSi. The molecule has 0 bridgehead atoms. The minimum absolute atomic E-state index is 0.0121. The highest BCUT2D eigenvalue weighted by Gasteiger charge is 2.35. The second kappa shape index (κ2) is 7.76. The Balaban J connectivity index is 2.40. The molecule has 0 saturated carbocycles. The van der Waals surface area contributed by atoms with Crippen LogP contribution >= 0.6 is 0 Å². The number of benzene rings is 2. The van der Waals surface area contributed by atoms with Crippen molar-refractivity contribution < 1.29 is 5.11 Å². The third-order valence-corrected chi connectivity index (χ3v) is 8.49. The van der Waals surface area contributed by atoms with Gasteiger partial charge in [-0.05, 0) is 12.0 Å². The van der Waals surface area contributed by atoms with Crippen LogP contribution in [-0.2, 0) is 0 Å². The van der Waals surface area contributed by atoms with E-state index in [9.17, 15) is 5.11 Å². The van der Waals surface area contributed by atoms with Gasteiger partial charge in [0.2, 0.25) is 0 Å². The quantitative estimate of drug-likeness (QED) is 0.736. The van der Waals surface area contributed by atoms with Gasteiger partial charge in [0, 0.05) is 5.92 Å². The Morgan fingerprint density at radius 3 is 2.04 bits per heavy atom. The SMILES string of the molecule is C=C([C@@H](c1ccccc1)[C@H](O)CCC)[Si](C)(C)c1ccccc1. The van der Waals surface area contributed by atoms with Crippen molar-refractivity contribution in [3.63, 3.8) is 0 Å². The van der Waals surface area contributed by atoms with E-state index in [1.807, 2.05) is 18.2 Å². The van der Waals surface area contributed by atoms with Gasteiger partial charge in [-0.1, -0.05) is 97.5 Å². The van der Waals surface area contributed by atoms with E-state index in [1.165, 1.54) is 15.9 Å². The molecule has 2 rings (SSSR count). The first-order chi connectivity index (χ1) is 11.0. The topological polar surface area (TPSA) is 20.2 Å². The molecule has 0 spiro atoms. The van der Waals surface area contributed by atoms with Crippen LogP contribution in [0.1, 0.15) is 31.2 Å². The zero-order valence-corrected chi connectivity index (χ0v) is 15.5. The van der Waals surface area contributed by atoms with Crippen LogP contribution < -0.4 is 5.19 Å². The van der Waals surface area contributed by atoms with Crippen LogP contribution in [0.15, 0.2) is 72.4 Å². The fourth-order valence-electron chi connectivity index (χ4n) is 3.21. The molecule has 2 aromatic carbocycles. The molecule has 0 aliphatic rings. The van der Waals surface area contributed by atoms with E-state index in [4.69, 9.17) is 0 Å². The van der Waals surface area contributed by atoms with Gasteiger partial charge in [0.15, 0.2) is 0 Å². The van der Waals surface area contributed by atoms with E-state index in [0.29, 0.717) is 0 Å². The Hall–Kier alpha value is -1.64. The molecule has 0 heterocycles. The fraction of sp³-hybridized carbons (Fsp3) is 0.333. The van der Waals surface area contributed by atoms with Crippen molar-refractivity contribution in [2.24, 2.45) is 0 Å². The van der Waals surface area contributed by atoms with Crippen molar-refractivity contribution in [1.82, 2.24) is 0 Å². The molecule has 2 heteroatoms. The molecule has 1 nitrogen and oxygen atoms in total. The average Bonchev–Trinajstić information content (AvgIpc) is 2.57. The van der Waals surface area contributed by atoms with Gasteiger partial charge in [-0.2, -0.15) is 0 Å². The Labute approximate surface area is 141 Å². The van der Waals surface area contributed by atoms with Crippen molar-refractivity contribution in [2.45, 2.75) is 44.9 Å². The molecule has 0 amide bonds. The molecule has 0 radical (unpaired) electrons. The minimum Gasteiger partial charge on any atom is -0.392 e. The molecule has 0 aromatic heterocycles. The molecule has 0 aliphatic heterocycles. The summed E-state index contributed by atoms with van der Waals surface area (Å²) in [5, 5.41) is 13.4. The summed E-state index contributed by atoms with van der Waals surface area (Å²) in [4.78, 5) is 0. The smallest absolute Gasteiger partial charge is 0.107 e. The van der Waals surface area contributed by atoms with E-state index < -0.39 is 8.07 Å². The van der Waals surface area contributed by atoms with Gasteiger partial charge in [-0.15, -0.1) is 6.58 Å². The summed E-state index contributed by atoms with van der Waals surface area (Å²) in [6.07, 6.45) is 1.41. The normalized spacial score (nSPS) is 14.3. The molecule has 0 saturated heterocycles. The number of aliphatic hydroxyl groups is 1. The first-order valence-electron chi connectivity index (χ1n) is 8.46. The molecular weight excluding hydrogens is 296 g/mol. The number of hydrogen-bond acceptors (Lipinski definition) is 1. The van der Waals surface area contributed by atoms with Crippen molar-refractivity contribution in [1.29, 1.82) is 0 Å². The zero-order chi connectivity index (χ0) is 16.9. The fourth-order valence-corrected chi connectivity index (χ4v) is 5.74. The van der Waals surface area contributed by atoms with E-state index in [0.717, 1.165) is 12.8 Å². The van der Waals surface area contributed by atoms with Crippen molar-refractivity contribution in [3.8, 4) is 0 Å². The van der Waals surface area contributed by atoms with Gasteiger partial charge in [-0.3, -0.25) is 0 Å². The number of hydrogen-bond donors (Lipinski definition) is 1. The third kappa shape index (κ3) is 4.01. The highest BCUT2D eigenvalue weighted by molar-refractivity contribution is 6.95. The Morgan fingerprint density at radius 1 is 1.00 bits per heavy atom. The lowest BCUT2D eigenvalue weighted by atomic mass is 9.91.